The standard InChI is InChI=1S/C32H30N10O/c1-40(2)19-22-8-6-21(18-35-22)32(43)38-26-11-7-20-17-23(9-10-24(20)26)42-30(25-5-3-14-34-29(25)33)37-27-12-13-28(39-31(27)42)41-16-4-15-36-41/h3-6,8-10,12-18,26H,7,11,19H2,1-2H3,(H2,33,34)(H,38,43)/t26-/m0/s1. The van der Waals surface area contributed by atoms with Crippen molar-refractivity contribution in [2.24, 2.45) is 0 Å². The van der Waals surface area contributed by atoms with Gasteiger partial charge in [0.1, 0.15) is 11.3 Å². The van der Waals surface area contributed by atoms with E-state index in [1.54, 1.807) is 23.3 Å². The van der Waals surface area contributed by atoms with Crippen molar-refractivity contribution in [1.82, 2.24) is 44.5 Å². The number of pyridine rings is 3. The Balaban J connectivity index is 1.24. The third kappa shape index (κ3) is 4.99. The van der Waals surface area contributed by atoms with Crippen molar-refractivity contribution in [3.8, 4) is 22.9 Å². The van der Waals surface area contributed by atoms with Crippen LogP contribution in [0.2, 0.25) is 0 Å². The van der Waals surface area contributed by atoms with Crippen molar-refractivity contribution in [2.45, 2.75) is 25.4 Å². The summed E-state index contributed by atoms with van der Waals surface area (Å²) in [6, 6.07) is 19.4. The summed E-state index contributed by atoms with van der Waals surface area (Å²) >= 11 is 0. The summed E-state index contributed by atoms with van der Waals surface area (Å²) in [7, 11) is 3.98. The highest BCUT2D eigenvalue weighted by Crippen LogP contribution is 2.36. The highest BCUT2D eigenvalue weighted by molar-refractivity contribution is 5.94. The molecule has 1 amide bonds. The van der Waals surface area contributed by atoms with E-state index < -0.39 is 0 Å². The molecule has 214 valence electrons. The summed E-state index contributed by atoms with van der Waals surface area (Å²) in [5.74, 6) is 1.59. The van der Waals surface area contributed by atoms with Crippen LogP contribution in [0.4, 0.5) is 5.82 Å². The lowest BCUT2D eigenvalue weighted by atomic mass is 10.1. The van der Waals surface area contributed by atoms with Gasteiger partial charge in [0.15, 0.2) is 17.3 Å². The molecule has 0 bridgehead atoms. The number of amides is 1. The van der Waals surface area contributed by atoms with Gasteiger partial charge >= 0.3 is 0 Å². The second-order valence-corrected chi connectivity index (χ2v) is 10.9. The van der Waals surface area contributed by atoms with Crippen LogP contribution in [0.15, 0.2) is 85.5 Å². The van der Waals surface area contributed by atoms with Gasteiger partial charge in [-0.2, -0.15) is 5.10 Å². The minimum atomic E-state index is -0.129. The predicted octanol–water partition coefficient (Wildman–Crippen LogP) is 4.12. The number of anilines is 1. The van der Waals surface area contributed by atoms with Gasteiger partial charge in [0.2, 0.25) is 0 Å². The second-order valence-electron chi connectivity index (χ2n) is 10.9. The molecule has 7 rings (SSSR count). The zero-order valence-electron chi connectivity index (χ0n) is 23.8. The molecule has 0 spiro atoms. The fourth-order valence-electron chi connectivity index (χ4n) is 5.62. The molecule has 0 saturated heterocycles. The molecular weight excluding hydrogens is 540 g/mol. The highest BCUT2D eigenvalue weighted by Gasteiger charge is 2.26. The number of hydrogen-bond acceptors (Lipinski definition) is 8. The summed E-state index contributed by atoms with van der Waals surface area (Å²) in [5.41, 5.74) is 13.1. The number of benzene rings is 1. The first kappa shape index (κ1) is 26.5. The van der Waals surface area contributed by atoms with Crippen LogP contribution in [0.5, 0.6) is 0 Å². The van der Waals surface area contributed by atoms with Crippen LogP contribution in [-0.4, -0.2) is 59.2 Å². The van der Waals surface area contributed by atoms with Crippen molar-refractivity contribution in [3.63, 3.8) is 0 Å². The lowest BCUT2D eigenvalue weighted by Gasteiger charge is -2.16. The molecule has 1 atom stereocenters. The van der Waals surface area contributed by atoms with E-state index in [0.29, 0.717) is 28.7 Å². The molecule has 1 aliphatic rings. The fraction of sp³-hybridized carbons (Fsp3) is 0.188. The number of carbonyl (C=O) groups excluding carboxylic acids is 1. The van der Waals surface area contributed by atoms with Gasteiger partial charge < -0.3 is 16.0 Å². The van der Waals surface area contributed by atoms with Gasteiger partial charge in [-0.15, -0.1) is 0 Å². The van der Waals surface area contributed by atoms with Gasteiger partial charge in [-0.1, -0.05) is 6.07 Å². The summed E-state index contributed by atoms with van der Waals surface area (Å²) in [6.07, 6.45) is 8.53. The number of nitrogens with two attached hydrogens (primary N) is 1. The molecule has 43 heavy (non-hydrogen) atoms. The van der Waals surface area contributed by atoms with E-state index in [1.807, 2.05) is 78.3 Å². The number of imidazole rings is 1. The molecule has 5 aromatic heterocycles. The Morgan fingerprint density at radius 3 is 2.72 bits per heavy atom. The van der Waals surface area contributed by atoms with Crippen LogP contribution in [-0.2, 0) is 13.0 Å². The number of rotatable bonds is 7. The average Bonchev–Trinajstić information content (AvgIpc) is 3.76. The van der Waals surface area contributed by atoms with Crippen molar-refractivity contribution >= 4 is 22.9 Å². The maximum absolute atomic E-state index is 13.1. The number of aromatic nitrogens is 7. The largest absolute Gasteiger partial charge is 0.383 e. The minimum absolute atomic E-state index is 0.0875. The first-order valence-electron chi connectivity index (χ1n) is 14.1. The molecule has 0 aliphatic heterocycles. The molecule has 0 fully saturated rings. The van der Waals surface area contributed by atoms with E-state index in [2.05, 4.69) is 32.5 Å². The van der Waals surface area contributed by atoms with Crippen molar-refractivity contribution in [3.05, 3.63) is 108 Å². The number of nitrogens with one attached hydrogen (secondary N) is 1. The first-order chi connectivity index (χ1) is 20.9. The first-order valence-corrected chi connectivity index (χ1v) is 14.1. The number of fused-ring (bicyclic) bond motifs is 2. The third-order valence-electron chi connectivity index (χ3n) is 7.64. The maximum atomic E-state index is 13.1. The van der Waals surface area contributed by atoms with Crippen LogP contribution in [0.3, 0.4) is 0 Å². The van der Waals surface area contributed by atoms with Crippen molar-refractivity contribution < 1.29 is 4.79 Å². The minimum Gasteiger partial charge on any atom is -0.383 e. The molecule has 0 unspecified atom stereocenters. The zero-order valence-corrected chi connectivity index (χ0v) is 23.8. The molecular formula is C32H30N10O. The molecule has 5 heterocycles. The summed E-state index contributed by atoms with van der Waals surface area (Å²) in [5, 5.41) is 7.55. The Labute approximate surface area is 248 Å². The number of aryl methyl sites for hydroxylation is 1. The SMILES string of the molecule is CN(C)Cc1ccc(C(=O)N[C@H]2CCc3cc(-n4c(-c5cccnc5N)nc5ccc(-n6cccn6)nc54)ccc32)cn1. The van der Waals surface area contributed by atoms with Crippen LogP contribution >= 0.6 is 0 Å². The third-order valence-corrected chi connectivity index (χ3v) is 7.64. The summed E-state index contributed by atoms with van der Waals surface area (Å²) in [4.78, 5) is 33.8. The summed E-state index contributed by atoms with van der Waals surface area (Å²) < 4.78 is 3.74. The Kier molecular flexibility index (Phi) is 6.63. The van der Waals surface area contributed by atoms with Gasteiger partial charge in [0.05, 0.1) is 22.9 Å². The number of carbonyl (C=O) groups is 1. The topological polar surface area (TPSA) is 133 Å². The van der Waals surface area contributed by atoms with Gasteiger partial charge in [0, 0.05) is 37.0 Å². The molecule has 0 saturated carbocycles. The monoisotopic (exact) mass is 570 g/mol. The Bertz CT molecular complexity index is 1940. The second kappa shape index (κ2) is 10.8. The molecule has 0 radical (unpaired) electrons. The lowest BCUT2D eigenvalue weighted by molar-refractivity contribution is 0.0936. The van der Waals surface area contributed by atoms with Gasteiger partial charge in [-0.05, 0) is 92.7 Å². The number of nitrogens with zero attached hydrogens (tertiary/aromatic N) is 8. The maximum Gasteiger partial charge on any atom is 0.253 e. The zero-order chi connectivity index (χ0) is 29.5. The van der Waals surface area contributed by atoms with E-state index >= 15 is 0 Å². The fourth-order valence-corrected chi connectivity index (χ4v) is 5.62. The predicted molar refractivity (Wildman–Crippen MR) is 164 cm³/mol. The van der Waals surface area contributed by atoms with E-state index in [9.17, 15) is 4.79 Å². The normalized spacial score (nSPS) is 14.3. The molecule has 6 aromatic rings. The van der Waals surface area contributed by atoms with Crippen molar-refractivity contribution in [1.29, 1.82) is 0 Å². The molecule has 3 N–H and O–H groups in total. The van der Waals surface area contributed by atoms with Gasteiger partial charge in [-0.25, -0.2) is 19.6 Å². The van der Waals surface area contributed by atoms with E-state index in [4.69, 9.17) is 15.7 Å². The number of nitrogen functional groups attached to an aromatic ring is 1. The van der Waals surface area contributed by atoms with E-state index in [1.165, 1.54) is 0 Å². The van der Waals surface area contributed by atoms with Crippen LogP contribution in [0.25, 0.3) is 34.1 Å². The summed E-state index contributed by atoms with van der Waals surface area (Å²) in [6.45, 7) is 0.724. The molecule has 11 nitrogen and oxygen atoms in total. The van der Waals surface area contributed by atoms with Crippen LogP contribution < -0.4 is 11.1 Å². The molecule has 1 aliphatic carbocycles. The highest BCUT2D eigenvalue weighted by atomic mass is 16.1. The number of hydrogen-bond donors (Lipinski definition) is 2. The van der Waals surface area contributed by atoms with E-state index in [0.717, 1.165) is 53.0 Å². The van der Waals surface area contributed by atoms with Gasteiger partial charge in [-0.3, -0.25) is 14.3 Å². The average molecular weight is 571 g/mol. The smallest absolute Gasteiger partial charge is 0.253 e. The quantitative estimate of drug-likeness (QED) is 0.293. The van der Waals surface area contributed by atoms with Gasteiger partial charge in [0.25, 0.3) is 5.91 Å². The Morgan fingerprint density at radius 1 is 1.05 bits per heavy atom. The Hall–Kier alpha value is -5.42. The van der Waals surface area contributed by atoms with Crippen molar-refractivity contribution in [2.75, 3.05) is 19.8 Å². The van der Waals surface area contributed by atoms with Crippen LogP contribution in [0.1, 0.15) is 39.6 Å². The van der Waals surface area contributed by atoms with E-state index in [-0.39, 0.29) is 11.9 Å². The Morgan fingerprint density at radius 2 is 1.95 bits per heavy atom. The molecule has 11 heteroatoms. The lowest BCUT2D eigenvalue weighted by Crippen LogP contribution is -2.27. The molecule has 1 aromatic carbocycles. The van der Waals surface area contributed by atoms with Crippen LogP contribution in [0, 0.1) is 0 Å².